The Kier molecular flexibility index (Phi) is 4.73. The van der Waals surface area contributed by atoms with Gasteiger partial charge in [-0.2, -0.15) is 0 Å². The molecule has 0 aliphatic carbocycles. The molecule has 0 spiro atoms. The molecular formula is C14H11BrClFN2O. The molecule has 0 saturated heterocycles. The van der Waals surface area contributed by atoms with Crippen LogP contribution in [0.25, 0.3) is 0 Å². The van der Waals surface area contributed by atoms with Crippen molar-refractivity contribution < 1.29 is 9.18 Å². The van der Waals surface area contributed by atoms with Crippen LogP contribution in [0.4, 0.5) is 4.39 Å². The van der Waals surface area contributed by atoms with Crippen LogP contribution in [0.3, 0.4) is 0 Å². The highest BCUT2D eigenvalue weighted by atomic mass is 79.9. The van der Waals surface area contributed by atoms with E-state index in [1.165, 1.54) is 0 Å². The van der Waals surface area contributed by atoms with E-state index in [-0.39, 0.29) is 16.8 Å². The van der Waals surface area contributed by atoms with Crippen LogP contribution in [-0.4, -0.2) is 10.9 Å². The van der Waals surface area contributed by atoms with Crippen molar-refractivity contribution in [3.8, 4) is 0 Å². The number of halogens is 3. The monoisotopic (exact) mass is 356 g/mol. The normalized spacial score (nSPS) is 12.0. The van der Waals surface area contributed by atoms with Crippen molar-refractivity contribution >= 4 is 33.4 Å². The molecule has 1 aromatic carbocycles. The fourth-order valence-electron chi connectivity index (χ4n) is 1.76. The summed E-state index contributed by atoms with van der Waals surface area (Å²) < 4.78 is 14.0. The molecule has 0 fully saturated rings. The summed E-state index contributed by atoms with van der Waals surface area (Å²) in [6.45, 7) is 1.83. The Bertz CT molecular complexity index is 651. The van der Waals surface area contributed by atoms with Gasteiger partial charge in [0.2, 0.25) is 0 Å². The first-order valence-corrected chi connectivity index (χ1v) is 7.02. The highest BCUT2D eigenvalue weighted by Gasteiger charge is 2.17. The smallest absolute Gasteiger partial charge is 0.254 e. The number of amides is 1. The van der Waals surface area contributed by atoms with Crippen LogP contribution in [0.1, 0.15) is 28.9 Å². The number of nitrogens with one attached hydrogen (secondary N) is 1. The molecule has 0 aliphatic heterocycles. The Balaban J connectivity index is 2.20. The first-order chi connectivity index (χ1) is 9.49. The van der Waals surface area contributed by atoms with Gasteiger partial charge in [-0.15, -0.1) is 0 Å². The predicted octanol–water partition coefficient (Wildman–Crippen LogP) is 4.13. The van der Waals surface area contributed by atoms with Crippen molar-refractivity contribution in [1.29, 1.82) is 0 Å². The predicted molar refractivity (Wildman–Crippen MR) is 79.2 cm³/mol. The Labute approximate surface area is 129 Å². The molecule has 0 aliphatic rings. The van der Waals surface area contributed by atoms with E-state index < -0.39 is 11.7 Å². The van der Waals surface area contributed by atoms with Crippen LogP contribution in [0.15, 0.2) is 41.0 Å². The molecule has 2 rings (SSSR count). The van der Waals surface area contributed by atoms with Crippen LogP contribution in [0.2, 0.25) is 5.15 Å². The van der Waals surface area contributed by atoms with Gasteiger partial charge in [0.1, 0.15) is 11.0 Å². The number of nitrogens with zero attached hydrogens (tertiary/aromatic N) is 1. The number of aromatic nitrogens is 1. The van der Waals surface area contributed by atoms with Gasteiger partial charge in [0.15, 0.2) is 0 Å². The first-order valence-electron chi connectivity index (χ1n) is 5.85. The van der Waals surface area contributed by atoms with Crippen molar-refractivity contribution in [2.75, 3.05) is 0 Å². The lowest BCUT2D eigenvalue weighted by Crippen LogP contribution is -2.27. The molecule has 1 aromatic heterocycles. The standard InChI is InChI=1S/C14H11BrClFN2O/c1-8(10-4-2-3-5-12(10)15)19-14(20)11-6-9(17)7-18-13(11)16/h2-8H,1H3,(H,19,20). The summed E-state index contributed by atoms with van der Waals surface area (Å²) in [7, 11) is 0. The zero-order valence-electron chi connectivity index (χ0n) is 10.5. The van der Waals surface area contributed by atoms with Gasteiger partial charge in [-0.1, -0.05) is 45.7 Å². The zero-order valence-corrected chi connectivity index (χ0v) is 12.9. The van der Waals surface area contributed by atoms with Crippen LogP contribution < -0.4 is 5.32 Å². The van der Waals surface area contributed by atoms with Gasteiger partial charge < -0.3 is 5.32 Å². The maximum Gasteiger partial charge on any atom is 0.254 e. The van der Waals surface area contributed by atoms with Gasteiger partial charge in [0.25, 0.3) is 5.91 Å². The van der Waals surface area contributed by atoms with Crippen LogP contribution in [0, 0.1) is 5.82 Å². The Morgan fingerprint density at radius 3 is 2.85 bits per heavy atom. The van der Waals surface area contributed by atoms with E-state index in [1.54, 1.807) is 0 Å². The van der Waals surface area contributed by atoms with Gasteiger partial charge in [-0.05, 0) is 24.6 Å². The fraction of sp³-hybridized carbons (Fsp3) is 0.143. The maximum atomic E-state index is 13.1. The summed E-state index contributed by atoms with van der Waals surface area (Å²) in [5.74, 6) is -1.07. The van der Waals surface area contributed by atoms with Crippen molar-refractivity contribution in [1.82, 2.24) is 10.3 Å². The minimum Gasteiger partial charge on any atom is -0.345 e. The molecule has 20 heavy (non-hydrogen) atoms. The average Bonchev–Trinajstić information content (AvgIpc) is 2.41. The summed E-state index contributed by atoms with van der Waals surface area (Å²) in [5, 5.41) is 2.74. The van der Waals surface area contributed by atoms with Gasteiger partial charge in [0.05, 0.1) is 17.8 Å². The zero-order chi connectivity index (χ0) is 14.7. The molecular weight excluding hydrogens is 347 g/mol. The number of rotatable bonds is 3. The third-order valence-corrected chi connectivity index (χ3v) is 3.79. The molecule has 1 N–H and O–H groups in total. The van der Waals surface area contributed by atoms with Crippen molar-refractivity contribution in [2.45, 2.75) is 13.0 Å². The second-order valence-corrected chi connectivity index (χ2v) is 5.42. The Hall–Kier alpha value is -1.46. The molecule has 104 valence electrons. The van der Waals surface area contributed by atoms with E-state index in [9.17, 15) is 9.18 Å². The minimum atomic E-state index is -0.604. The van der Waals surface area contributed by atoms with Crippen LogP contribution in [-0.2, 0) is 0 Å². The lowest BCUT2D eigenvalue weighted by molar-refractivity contribution is 0.0939. The summed E-state index contributed by atoms with van der Waals surface area (Å²) in [5.41, 5.74) is 0.937. The van der Waals surface area contributed by atoms with E-state index >= 15 is 0 Å². The molecule has 6 heteroatoms. The van der Waals surface area contributed by atoms with E-state index in [2.05, 4.69) is 26.2 Å². The van der Waals surface area contributed by atoms with Gasteiger partial charge in [0, 0.05) is 4.47 Å². The van der Waals surface area contributed by atoms with E-state index in [0.717, 1.165) is 22.3 Å². The number of pyridine rings is 1. The minimum absolute atomic E-state index is 0.0190. The van der Waals surface area contributed by atoms with Gasteiger partial charge >= 0.3 is 0 Å². The molecule has 1 heterocycles. The number of hydrogen-bond acceptors (Lipinski definition) is 2. The second-order valence-electron chi connectivity index (χ2n) is 4.21. The number of hydrogen-bond donors (Lipinski definition) is 1. The molecule has 1 unspecified atom stereocenters. The number of carbonyl (C=O) groups excluding carboxylic acids is 1. The lowest BCUT2D eigenvalue weighted by Gasteiger charge is -2.16. The quantitative estimate of drug-likeness (QED) is 0.839. The van der Waals surface area contributed by atoms with Crippen molar-refractivity contribution in [2.24, 2.45) is 0 Å². The molecule has 1 atom stereocenters. The van der Waals surface area contributed by atoms with Gasteiger partial charge in [-0.3, -0.25) is 4.79 Å². The number of benzene rings is 1. The third-order valence-electron chi connectivity index (χ3n) is 2.77. The van der Waals surface area contributed by atoms with Gasteiger partial charge in [-0.25, -0.2) is 9.37 Å². The summed E-state index contributed by atoms with van der Waals surface area (Å²) in [6, 6.07) is 8.35. The van der Waals surface area contributed by atoms with Crippen molar-refractivity contribution in [3.63, 3.8) is 0 Å². The largest absolute Gasteiger partial charge is 0.345 e. The topological polar surface area (TPSA) is 42.0 Å². The lowest BCUT2D eigenvalue weighted by atomic mass is 10.1. The van der Waals surface area contributed by atoms with E-state index in [4.69, 9.17) is 11.6 Å². The SMILES string of the molecule is CC(NC(=O)c1cc(F)cnc1Cl)c1ccccc1Br. The summed E-state index contributed by atoms with van der Waals surface area (Å²) in [6.07, 6.45) is 0.969. The molecule has 2 aromatic rings. The molecule has 0 radical (unpaired) electrons. The van der Waals surface area contributed by atoms with Crippen LogP contribution in [0.5, 0.6) is 0 Å². The fourth-order valence-corrected chi connectivity index (χ4v) is 2.58. The summed E-state index contributed by atoms with van der Waals surface area (Å²) >= 11 is 9.22. The molecule has 3 nitrogen and oxygen atoms in total. The maximum absolute atomic E-state index is 13.1. The van der Waals surface area contributed by atoms with E-state index in [0.29, 0.717) is 0 Å². The first kappa shape index (κ1) is 14.9. The average molecular weight is 358 g/mol. The highest BCUT2D eigenvalue weighted by molar-refractivity contribution is 9.10. The Morgan fingerprint density at radius 2 is 2.15 bits per heavy atom. The Morgan fingerprint density at radius 1 is 1.45 bits per heavy atom. The summed E-state index contributed by atoms with van der Waals surface area (Å²) in [4.78, 5) is 15.7. The van der Waals surface area contributed by atoms with Crippen LogP contribution >= 0.6 is 27.5 Å². The molecule has 0 bridgehead atoms. The van der Waals surface area contributed by atoms with E-state index in [1.807, 2.05) is 31.2 Å². The highest BCUT2D eigenvalue weighted by Crippen LogP contribution is 2.23. The number of carbonyl (C=O) groups is 1. The van der Waals surface area contributed by atoms with Crippen molar-refractivity contribution in [3.05, 3.63) is 63.1 Å². The third kappa shape index (κ3) is 3.35. The second kappa shape index (κ2) is 6.33. The molecule has 0 saturated carbocycles. The molecule has 1 amide bonds.